The Balaban J connectivity index is 3.60. The fraction of sp³-hybridized carbons (Fsp3) is 0.143. The van der Waals surface area contributed by atoms with Gasteiger partial charge in [0.2, 0.25) is 0 Å². The SMILES string of the molecule is Cc1c(S)c(S)c(S)c(S)c1S. The number of hydrogen-bond donors (Lipinski definition) is 5. The highest BCUT2D eigenvalue weighted by molar-refractivity contribution is 7.87. The maximum Gasteiger partial charge on any atom is 0.0330 e. The molecule has 0 saturated heterocycles. The van der Waals surface area contributed by atoms with Crippen LogP contribution in [0, 0.1) is 6.92 Å². The van der Waals surface area contributed by atoms with Gasteiger partial charge in [0.05, 0.1) is 0 Å². The molecule has 0 nitrogen and oxygen atoms in total. The van der Waals surface area contributed by atoms with Crippen LogP contribution >= 0.6 is 63.1 Å². The Morgan fingerprint density at radius 1 is 0.583 bits per heavy atom. The predicted octanol–water partition coefficient (Wildman–Crippen LogP) is 3.44. The van der Waals surface area contributed by atoms with Crippen LogP contribution in [0.3, 0.4) is 0 Å². The van der Waals surface area contributed by atoms with Crippen LogP contribution in [-0.4, -0.2) is 0 Å². The minimum atomic E-state index is 0.724. The van der Waals surface area contributed by atoms with Gasteiger partial charge in [-0.3, -0.25) is 0 Å². The van der Waals surface area contributed by atoms with E-state index in [-0.39, 0.29) is 0 Å². The third-order valence-corrected chi connectivity index (χ3v) is 4.77. The van der Waals surface area contributed by atoms with Gasteiger partial charge in [0.15, 0.2) is 0 Å². The minimum Gasteiger partial charge on any atom is -0.142 e. The van der Waals surface area contributed by atoms with Crippen molar-refractivity contribution in [3.05, 3.63) is 5.56 Å². The molecule has 1 aromatic carbocycles. The molecular weight excluding hydrogens is 244 g/mol. The maximum atomic E-state index is 4.29. The first-order chi connectivity index (χ1) is 5.46. The van der Waals surface area contributed by atoms with Crippen molar-refractivity contribution >= 4 is 63.1 Å². The molecule has 1 rings (SSSR count). The molecule has 0 N–H and O–H groups in total. The molecule has 0 aliphatic rings. The summed E-state index contributed by atoms with van der Waals surface area (Å²) in [5, 5.41) is 0. The number of benzene rings is 1. The van der Waals surface area contributed by atoms with E-state index < -0.39 is 0 Å². The number of rotatable bonds is 0. The molecule has 0 fully saturated rings. The van der Waals surface area contributed by atoms with Crippen molar-refractivity contribution in [2.75, 3.05) is 0 Å². The molecule has 66 valence electrons. The zero-order valence-electron chi connectivity index (χ0n) is 6.24. The predicted molar refractivity (Wildman–Crippen MR) is 67.4 cm³/mol. The van der Waals surface area contributed by atoms with Crippen molar-refractivity contribution < 1.29 is 0 Å². The molecule has 0 aromatic heterocycles. The van der Waals surface area contributed by atoms with Crippen LogP contribution in [0.5, 0.6) is 0 Å². The van der Waals surface area contributed by atoms with Gasteiger partial charge >= 0.3 is 0 Å². The molecule has 5 heteroatoms. The summed E-state index contributed by atoms with van der Waals surface area (Å²) in [5.74, 6) is 0. The van der Waals surface area contributed by atoms with Gasteiger partial charge in [0, 0.05) is 24.5 Å². The molecule has 0 unspecified atom stereocenters. The average Bonchev–Trinajstić information content (AvgIpc) is 2.08. The van der Waals surface area contributed by atoms with Crippen molar-refractivity contribution in [3.63, 3.8) is 0 Å². The second-order valence-electron chi connectivity index (χ2n) is 2.37. The van der Waals surface area contributed by atoms with E-state index in [0.717, 1.165) is 30.0 Å². The van der Waals surface area contributed by atoms with Gasteiger partial charge in [-0.25, -0.2) is 0 Å². The van der Waals surface area contributed by atoms with Crippen LogP contribution in [-0.2, 0) is 0 Å². The Hall–Kier alpha value is 0.970. The highest BCUT2D eigenvalue weighted by Gasteiger charge is 2.11. The number of thiol groups is 5. The zero-order valence-corrected chi connectivity index (χ0v) is 10.7. The van der Waals surface area contributed by atoms with E-state index in [4.69, 9.17) is 0 Å². The fourth-order valence-corrected chi connectivity index (χ4v) is 2.39. The van der Waals surface area contributed by atoms with E-state index in [1.54, 1.807) is 0 Å². The summed E-state index contributed by atoms with van der Waals surface area (Å²) in [7, 11) is 0. The summed E-state index contributed by atoms with van der Waals surface area (Å²) in [6, 6.07) is 0. The van der Waals surface area contributed by atoms with Gasteiger partial charge < -0.3 is 0 Å². The summed E-state index contributed by atoms with van der Waals surface area (Å²) in [6.45, 7) is 1.93. The van der Waals surface area contributed by atoms with Crippen LogP contribution in [0.25, 0.3) is 0 Å². The summed E-state index contributed by atoms with van der Waals surface area (Å²) in [6.07, 6.45) is 0. The second-order valence-corrected chi connectivity index (χ2v) is 4.60. The Kier molecular flexibility index (Phi) is 3.69. The van der Waals surface area contributed by atoms with Crippen molar-refractivity contribution in [2.45, 2.75) is 31.4 Å². The first kappa shape index (κ1) is 11.0. The van der Waals surface area contributed by atoms with E-state index >= 15 is 0 Å². The normalized spacial score (nSPS) is 10.5. The van der Waals surface area contributed by atoms with Crippen LogP contribution in [0.2, 0.25) is 0 Å². The maximum absolute atomic E-state index is 4.29. The monoisotopic (exact) mass is 252 g/mol. The van der Waals surface area contributed by atoms with E-state index in [1.165, 1.54) is 0 Å². The van der Waals surface area contributed by atoms with Crippen LogP contribution in [0.1, 0.15) is 5.56 Å². The van der Waals surface area contributed by atoms with Crippen molar-refractivity contribution in [1.82, 2.24) is 0 Å². The Bertz CT molecular complexity index is 226. The minimum absolute atomic E-state index is 0.724. The molecule has 0 saturated carbocycles. The van der Waals surface area contributed by atoms with Gasteiger partial charge in [-0.15, -0.1) is 63.1 Å². The van der Waals surface area contributed by atoms with Crippen molar-refractivity contribution in [1.29, 1.82) is 0 Å². The summed E-state index contributed by atoms with van der Waals surface area (Å²) >= 11 is 21.4. The van der Waals surface area contributed by atoms with Gasteiger partial charge in [0.25, 0.3) is 0 Å². The van der Waals surface area contributed by atoms with Gasteiger partial charge in [0.1, 0.15) is 0 Å². The fourth-order valence-electron chi connectivity index (χ4n) is 0.804. The summed E-state index contributed by atoms with van der Waals surface area (Å²) in [5.41, 5.74) is 0.981. The molecule has 0 heterocycles. The highest BCUT2D eigenvalue weighted by atomic mass is 32.1. The Morgan fingerprint density at radius 2 is 0.833 bits per heavy atom. The third-order valence-electron chi connectivity index (χ3n) is 1.61. The molecule has 0 atom stereocenters. The molecule has 1 aromatic rings. The zero-order chi connectivity index (χ0) is 9.46. The lowest BCUT2D eigenvalue weighted by Gasteiger charge is -2.11. The van der Waals surface area contributed by atoms with Crippen LogP contribution in [0.15, 0.2) is 24.5 Å². The van der Waals surface area contributed by atoms with Crippen LogP contribution in [0.4, 0.5) is 0 Å². The topological polar surface area (TPSA) is 0 Å². The molecule has 12 heavy (non-hydrogen) atoms. The Labute approximate surface area is 99.6 Å². The van der Waals surface area contributed by atoms with Gasteiger partial charge in [-0.05, 0) is 12.5 Å². The van der Waals surface area contributed by atoms with Gasteiger partial charge in [-0.1, -0.05) is 0 Å². The standard InChI is InChI=1S/C7H8S5/c1-2-3(8)5(10)7(12)6(11)4(2)9/h8-12H,1H3. The largest absolute Gasteiger partial charge is 0.142 e. The lowest BCUT2D eigenvalue weighted by Crippen LogP contribution is -1.87. The molecule has 0 amide bonds. The molecule has 0 bridgehead atoms. The van der Waals surface area contributed by atoms with Crippen LogP contribution < -0.4 is 0 Å². The molecule has 0 aliphatic carbocycles. The molecule has 0 aliphatic heterocycles. The molecular formula is C7H8S5. The third kappa shape index (κ3) is 1.75. The second kappa shape index (κ2) is 4.00. The lowest BCUT2D eigenvalue weighted by atomic mass is 10.2. The highest BCUT2D eigenvalue weighted by Crippen LogP contribution is 2.38. The summed E-state index contributed by atoms with van der Waals surface area (Å²) in [4.78, 5) is 3.85. The van der Waals surface area contributed by atoms with Crippen molar-refractivity contribution in [3.8, 4) is 0 Å². The summed E-state index contributed by atoms with van der Waals surface area (Å²) < 4.78 is 0. The average molecular weight is 252 g/mol. The quantitative estimate of drug-likeness (QED) is 0.429. The number of hydrogen-bond acceptors (Lipinski definition) is 5. The first-order valence-electron chi connectivity index (χ1n) is 3.12. The van der Waals surface area contributed by atoms with E-state index in [2.05, 4.69) is 63.1 Å². The van der Waals surface area contributed by atoms with Gasteiger partial charge in [-0.2, -0.15) is 0 Å². The smallest absolute Gasteiger partial charge is 0.0330 e. The first-order valence-corrected chi connectivity index (χ1v) is 5.35. The van der Waals surface area contributed by atoms with E-state index in [0.29, 0.717) is 0 Å². The molecule has 0 radical (unpaired) electrons. The Morgan fingerprint density at radius 3 is 1.17 bits per heavy atom. The lowest BCUT2D eigenvalue weighted by molar-refractivity contribution is 0.937. The van der Waals surface area contributed by atoms with Crippen molar-refractivity contribution in [2.24, 2.45) is 0 Å². The van der Waals surface area contributed by atoms with E-state index in [1.807, 2.05) is 6.92 Å². The molecule has 0 spiro atoms. The van der Waals surface area contributed by atoms with E-state index in [9.17, 15) is 0 Å².